The minimum Gasteiger partial charge on any atom is -0.493 e. The van der Waals surface area contributed by atoms with Gasteiger partial charge in [-0.2, -0.15) is 0 Å². The molecule has 0 aliphatic carbocycles. The molecule has 3 rings (SSSR count). The molecular formula is C21H31N3O4S. The Labute approximate surface area is 177 Å². The van der Waals surface area contributed by atoms with Gasteiger partial charge in [-0.25, -0.2) is 0 Å². The Balaban J connectivity index is 1.59. The zero-order chi connectivity index (χ0) is 21.0. The highest BCUT2D eigenvalue weighted by molar-refractivity contribution is 8.00. The molecule has 0 saturated carbocycles. The van der Waals surface area contributed by atoms with Crippen LogP contribution in [0, 0.1) is 5.92 Å². The fourth-order valence-corrected chi connectivity index (χ4v) is 4.99. The fraction of sp³-hybridized carbons (Fsp3) is 0.619. The van der Waals surface area contributed by atoms with Crippen LogP contribution in [0.4, 0.5) is 0 Å². The fourth-order valence-electron chi connectivity index (χ4n) is 3.78. The van der Waals surface area contributed by atoms with Gasteiger partial charge in [-0.1, -0.05) is 19.9 Å². The molecule has 0 aromatic heterocycles. The van der Waals surface area contributed by atoms with Crippen molar-refractivity contribution >= 4 is 23.6 Å². The smallest absolute Gasteiger partial charge is 0.233 e. The molecule has 29 heavy (non-hydrogen) atoms. The van der Waals surface area contributed by atoms with E-state index in [2.05, 4.69) is 4.90 Å². The van der Waals surface area contributed by atoms with E-state index in [4.69, 9.17) is 9.47 Å². The molecule has 0 bridgehead atoms. The molecule has 160 valence electrons. The number of ether oxygens (including phenoxy) is 2. The highest BCUT2D eigenvalue weighted by Gasteiger charge is 2.33. The highest BCUT2D eigenvalue weighted by Crippen LogP contribution is 2.41. The Hall–Kier alpha value is -1.93. The van der Waals surface area contributed by atoms with Crippen molar-refractivity contribution in [1.82, 2.24) is 14.7 Å². The van der Waals surface area contributed by atoms with Crippen molar-refractivity contribution in [3.8, 4) is 11.5 Å². The second kappa shape index (κ2) is 9.71. The standard InChI is InChI=1S/C21H31N3O4S/c1-15(2)20(26)23-10-7-22(8-11-23)9-12-24-19(25)14-29-21(24)16-5-6-17(27-3)18(13-16)28-4/h5-6,13,15,21H,7-12,14H2,1-4H3. The van der Waals surface area contributed by atoms with Gasteiger partial charge in [-0.15, -0.1) is 11.8 Å². The van der Waals surface area contributed by atoms with Crippen LogP contribution in [0.2, 0.25) is 0 Å². The first-order valence-corrected chi connectivity index (χ1v) is 11.1. The number of hydrogen-bond acceptors (Lipinski definition) is 6. The summed E-state index contributed by atoms with van der Waals surface area (Å²) < 4.78 is 10.7. The van der Waals surface area contributed by atoms with Gasteiger partial charge in [0.2, 0.25) is 11.8 Å². The van der Waals surface area contributed by atoms with E-state index in [1.54, 1.807) is 26.0 Å². The third-order valence-corrected chi connectivity index (χ3v) is 6.75. The highest BCUT2D eigenvalue weighted by atomic mass is 32.2. The third-order valence-electron chi connectivity index (χ3n) is 5.50. The number of amides is 2. The molecule has 1 unspecified atom stereocenters. The molecule has 2 fully saturated rings. The first kappa shape index (κ1) is 21.8. The lowest BCUT2D eigenvalue weighted by molar-refractivity contribution is -0.136. The quantitative estimate of drug-likeness (QED) is 0.672. The number of nitrogens with zero attached hydrogens (tertiary/aromatic N) is 3. The number of rotatable bonds is 7. The van der Waals surface area contributed by atoms with Gasteiger partial charge in [0, 0.05) is 45.2 Å². The SMILES string of the molecule is COc1ccc(C2SCC(=O)N2CCN2CCN(C(=O)C(C)C)CC2)cc1OC. The number of carbonyl (C=O) groups is 2. The summed E-state index contributed by atoms with van der Waals surface area (Å²) in [4.78, 5) is 30.9. The van der Waals surface area contributed by atoms with Gasteiger partial charge in [0.25, 0.3) is 0 Å². The lowest BCUT2D eigenvalue weighted by atomic mass is 10.1. The number of carbonyl (C=O) groups excluding carboxylic acids is 2. The van der Waals surface area contributed by atoms with Gasteiger partial charge < -0.3 is 19.3 Å². The molecule has 1 aromatic rings. The van der Waals surface area contributed by atoms with Crippen LogP contribution in [-0.4, -0.2) is 85.8 Å². The minimum atomic E-state index is -0.00823. The average Bonchev–Trinajstić information content (AvgIpc) is 3.11. The van der Waals surface area contributed by atoms with Crippen molar-refractivity contribution in [2.45, 2.75) is 19.2 Å². The van der Waals surface area contributed by atoms with Crippen LogP contribution >= 0.6 is 11.8 Å². The first-order chi connectivity index (χ1) is 13.9. The lowest BCUT2D eigenvalue weighted by Crippen LogP contribution is -2.51. The molecule has 2 aliphatic rings. The van der Waals surface area contributed by atoms with E-state index in [0.29, 0.717) is 23.8 Å². The summed E-state index contributed by atoms with van der Waals surface area (Å²) in [5, 5.41) is -0.00823. The van der Waals surface area contributed by atoms with Gasteiger partial charge >= 0.3 is 0 Å². The largest absolute Gasteiger partial charge is 0.493 e. The zero-order valence-corrected chi connectivity index (χ0v) is 18.5. The summed E-state index contributed by atoms with van der Waals surface area (Å²) in [6, 6.07) is 5.85. The normalized spacial score (nSPS) is 20.4. The summed E-state index contributed by atoms with van der Waals surface area (Å²) in [5.74, 6) is 2.30. The van der Waals surface area contributed by atoms with E-state index in [0.717, 1.165) is 38.3 Å². The van der Waals surface area contributed by atoms with Gasteiger partial charge in [-0.05, 0) is 17.7 Å². The van der Waals surface area contributed by atoms with E-state index in [9.17, 15) is 9.59 Å². The molecule has 0 radical (unpaired) electrons. The summed E-state index contributed by atoms with van der Waals surface area (Å²) in [7, 11) is 3.24. The average molecular weight is 422 g/mol. The molecule has 2 amide bonds. The first-order valence-electron chi connectivity index (χ1n) is 10.1. The van der Waals surface area contributed by atoms with Crippen LogP contribution in [0.15, 0.2) is 18.2 Å². The van der Waals surface area contributed by atoms with Crippen LogP contribution in [0.3, 0.4) is 0 Å². The third kappa shape index (κ3) is 4.98. The monoisotopic (exact) mass is 421 g/mol. The topological polar surface area (TPSA) is 62.3 Å². The van der Waals surface area contributed by atoms with Crippen molar-refractivity contribution in [3.05, 3.63) is 23.8 Å². The number of hydrogen-bond donors (Lipinski definition) is 0. The molecule has 1 aromatic carbocycles. The second-order valence-corrected chi connectivity index (χ2v) is 8.76. The van der Waals surface area contributed by atoms with E-state index in [1.165, 1.54) is 0 Å². The van der Waals surface area contributed by atoms with Gasteiger partial charge in [0.05, 0.1) is 20.0 Å². The van der Waals surface area contributed by atoms with Crippen molar-refractivity contribution < 1.29 is 19.1 Å². The van der Waals surface area contributed by atoms with E-state index in [-0.39, 0.29) is 23.1 Å². The van der Waals surface area contributed by atoms with Crippen LogP contribution in [0.1, 0.15) is 24.8 Å². The number of methoxy groups -OCH3 is 2. The van der Waals surface area contributed by atoms with Gasteiger partial charge in [0.1, 0.15) is 5.37 Å². The van der Waals surface area contributed by atoms with E-state index in [1.807, 2.05) is 41.8 Å². The maximum Gasteiger partial charge on any atom is 0.233 e. The van der Waals surface area contributed by atoms with Crippen LogP contribution in [0.25, 0.3) is 0 Å². The predicted octanol–water partition coefficient (Wildman–Crippen LogP) is 2.08. The Kier molecular flexibility index (Phi) is 7.29. The van der Waals surface area contributed by atoms with E-state index < -0.39 is 0 Å². The molecule has 2 heterocycles. The summed E-state index contributed by atoms with van der Waals surface area (Å²) >= 11 is 1.65. The Morgan fingerprint density at radius 3 is 2.41 bits per heavy atom. The molecular weight excluding hydrogens is 390 g/mol. The molecule has 7 nitrogen and oxygen atoms in total. The summed E-state index contributed by atoms with van der Waals surface area (Å²) in [5.41, 5.74) is 1.05. The molecule has 0 spiro atoms. The van der Waals surface area contributed by atoms with Crippen molar-refractivity contribution in [3.63, 3.8) is 0 Å². The van der Waals surface area contributed by atoms with Crippen molar-refractivity contribution in [1.29, 1.82) is 0 Å². The maximum absolute atomic E-state index is 12.5. The second-order valence-electron chi connectivity index (χ2n) is 7.69. The Morgan fingerprint density at radius 1 is 1.10 bits per heavy atom. The number of piperazine rings is 1. The Bertz CT molecular complexity index is 735. The number of benzene rings is 1. The predicted molar refractivity (Wildman–Crippen MR) is 114 cm³/mol. The molecule has 2 aliphatic heterocycles. The van der Waals surface area contributed by atoms with Crippen LogP contribution in [-0.2, 0) is 9.59 Å². The summed E-state index contributed by atoms with van der Waals surface area (Å²) in [6.45, 7) is 8.63. The van der Waals surface area contributed by atoms with Crippen LogP contribution in [0.5, 0.6) is 11.5 Å². The van der Waals surface area contributed by atoms with Crippen molar-refractivity contribution in [2.24, 2.45) is 5.92 Å². The summed E-state index contributed by atoms with van der Waals surface area (Å²) in [6.07, 6.45) is 0. The van der Waals surface area contributed by atoms with Crippen molar-refractivity contribution in [2.75, 3.05) is 59.2 Å². The lowest BCUT2D eigenvalue weighted by Gasteiger charge is -2.36. The molecule has 1 atom stereocenters. The zero-order valence-electron chi connectivity index (χ0n) is 17.7. The maximum atomic E-state index is 12.5. The number of thioether (sulfide) groups is 1. The minimum absolute atomic E-state index is 0.00823. The molecule has 8 heteroatoms. The van der Waals surface area contributed by atoms with E-state index >= 15 is 0 Å². The van der Waals surface area contributed by atoms with Gasteiger partial charge in [-0.3, -0.25) is 14.5 Å². The Morgan fingerprint density at radius 2 is 1.79 bits per heavy atom. The van der Waals surface area contributed by atoms with Crippen LogP contribution < -0.4 is 9.47 Å². The molecule has 0 N–H and O–H groups in total. The molecule has 2 saturated heterocycles. The van der Waals surface area contributed by atoms with Gasteiger partial charge in [0.15, 0.2) is 11.5 Å².